The number of carbonyl (C=O) groups excluding carboxylic acids is 3. The number of carboxylic acid groups (broad SMARTS) is 1. The number of thiazole rings is 1. The Kier molecular flexibility index (Phi) is 9.06. The van der Waals surface area contributed by atoms with E-state index in [1.165, 1.54) is 48.3 Å². The quantitative estimate of drug-likeness (QED) is 0.109. The number of nitrogens with two attached hydrogens (primary N) is 1. The van der Waals surface area contributed by atoms with E-state index >= 15 is 0 Å². The molecule has 2 aliphatic rings. The molecule has 1 saturated heterocycles. The number of hydrogen-bond acceptors (Lipinski definition) is 13. The Hall–Kier alpha value is -2.30. The molecule has 4 heterocycles. The van der Waals surface area contributed by atoms with Crippen molar-refractivity contribution in [1.82, 2.24) is 15.2 Å². The Labute approximate surface area is 232 Å². The maximum absolute atomic E-state index is 12.8. The number of aromatic nitrogens is 1. The second kappa shape index (κ2) is 11.6. The largest absolute Gasteiger partial charge is 1.00 e. The number of aliphatic carboxylic acids is 1. The van der Waals surface area contributed by atoms with Crippen molar-refractivity contribution in [1.29, 1.82) is 0 Å². The molecule has 0 saturated carbocycles. The number of carbonyl (C=O) groups is 3. The normalized spacial score (nSPS) is 19.4. The fraction of sp³-hybridized carbons (Fsp3) is 0.263. The van der Waals surface area contributed by atoms with E-state index in [4.69, 9.17) is 10.6 Å². The summed E-state index contributed by atoms with van der Waals surface area (Å²) in [5.74, 6) is -2.29. The van der Waals surface area contributed by atoms with Crippen molar-refractivity contribution < 1.29 is 58.3 Å². The van der Waals surface area contributed by atoms with Gasteiger partial charge < -0.3 is 30.2 Å². The van der Waals surface area contributed by atoms with Crippen LogP contribution in [0.5, 0.6) is 0 Å². The van der Waals surface area contributed by atoms with Gasteiger partial charge in [0.2, 0.25) is 0 Å². The first kappa shape index (κ1) is 27.3. The van der Waals surface area contributed by atoms with Crippen LogP contribution in [0.25, 0.3) is 0 Å². The first-order valence-corrected chi connectivity index (χ1v) is 12.4. The molecule has 2 atom stereocenters. The SMILES string of the molecule is CO/N=C(\C(=O)N[C@@H]1C(=O)N2C(C(=O)[O-])=C(CSc3ccoc(=O)c3)CS[C@H]12)c1csc(N)n1.[Na+]. The molecule has 2 amide bonds. The van der Waals surface area contributed by atoms with E-state index in [9.17, 15) is 24.3 Å². The Bertz CT molecular complexity index is 1280. The summed E-state index contributed by atoms with van der Waals surface area (Å²) in [7, 11) is 1.26. The van der Waals surface area contributed by atoms with Gasteiger partial charge in [0.25, 0.3) is 11.8 Å². The van der Waals surface area contributed by atoms with Crippen LogP contribution < -0.4 is 51.3 Å². The molecule has 178 valence electrons. The van der Waals surface area contributed by atoms with E-state index in [1.54, 1.807) is 6.07 Å². The van der Waals surface area contributed by atoms with Gasteiger partial charge in [0.05, 0.1) is 17.9 Å². The van der Waals surface area contributed by atoms with Crippen molar-refractivity contribution in [3.05, 3.63) is 51.2 Å². The molecule has 0 bridgehead atoms. The minimum atomic E-state index is -1.49. The molecule has 16 heteroatoms. The van der Waals surface area contributed by atoms with Crippen molar-refractivity contribution in [2.45, 2.75) is 16.3 Å². The molecular weight excluding hydrogens is 529 g/mol. The maximum atomic E-state index is 12.8. The van der Waals surface area contributed by atoms with Gasteiger partial charge in [0.15, 0.2) is 10.8 Å². The molecule has 2 aromatic heterocycles. The molecule has 3 N–H and O–H groups in total. The summed E-state index contributed by atoms with van der Waals surface area (Å²) in [6, 6.07) is 1.90. The zero-order valence-corrected chi connectivity index (χ0v) is 22.8. The average Bonchev–Trinajstić information content (AvgIpc) is 3.24. The molecule has 35 heavy (non-hydrogen) atoms. The number of oxime groups is 1. The molecule has 0 spiro atoms. The smallest absolute Gasteiger partial charge is 0.543 e. The second-order valence-corrected chi connectivity index (χ2v) is 9.91. The van der Waals surface area contributed by atoms with Gasteiger partial charge in [-0.15, -0.1) is 34.9 Å². The van der Waals surface area contributed by atoms with Crippen molar-refractivity contribution in [2.24, 2.45) is 5.16 Å². The molecule has 4 rings (SSSR count). The summed E-state index contributed by atoms with van der Waals surface area (Å²) in [6.07, 6.45) is 1.25. The Morgan fingerprint density at radius 1 is 1.46 bits per heavy atom. The fourth-order valence-corrected chi connectivity index (χ4v) is 6.25. The van der Waals surface area contributed by atoms with Crippen molar-refractivity contribution in [3.8, 4) is 0 Å². The van der Waals surface area contributed by atoms with E-state index in [0.29, 0.717) is 16.2 Å². The third-order valence-electron chi connectivity index (χ3n) is 4.78. The van der Waals surface area contributed by atoms with E-state index in [0.717, 1.165) is 16.2 Å². The molecule has 12 nitrogen and oxygen atoms in total. The van der Waals surface area contributed by atoms with Crippen LogP contribution in [-0.4, -0.2) is 63.4 Å². The molecule has 2 aromatic rings. The van der Waals surface area contributed by atoms with Gasteiger partial charge in [-0.1, -0.05) is 5.16 Å². The van der Waals surface area contributed by atoms with Crippen LogP contribution in [0.1, 0.15) is 5.69 Å². The Morgan fingerprint density at radius 2 is 2.23 bits per heavy atom. The van der Waals surface area contributed by atoms with E-state index in [-0.39, 0.29) is 57.5 Å². The summed E-state index contributed by atoms with van der Waals surface area (Å²) < 4.78 is 4.68. The van der Waals surface area contributed by atoms with Crippen molar-refractivity contribution >= 4 is 63.5 Å². The van der Waals surface area contributed by atoms with Gasteiger partial charge >= 0.3 is 35.2 Å². The number of rotatable bonds is 8. The third kappa shape index (κ3) is 5.76. The van der Waals surface area contributed by atoms with Crippen LogP contribution in [0.4, 0.5) is 5.13 Å². The minimum absolute atomic E-state index is 0. The van der Waals surface area contributed by atoms with Gasteiger partial charge in [-0.25, -0.2) is 9.78 Å². The standard InChI is InChI=1S/C19H17N5O7S3.Na/c1-30-23-12(10-7-34-19(20)21-10)15(26)22-13-16(27)24-14(18(28)29)8(6-33-17(13)24)5-32-9-2-3-31-11(25)4-9;/h2-4,7,13,17H,5-6H2,1H3,(H2,20,21)(H,22,26)(H,28,29);/q;+1/p-1/b23-12-;/t13-,17-;/m1./s1. The predicted molar refractivity (Wildman–Crippen MR) is 123 cm³/mol. The zero-order chi connectivity index (χ0) is 24.4. The number of thioether (sulfide) groups is 2. The van der Waals surface area contributed by atoms with Gasteiger partial charge in [0.1, 0.15) is 24.2 Å². The van der Waals surface area contributed by atoms with Crippen LogP contribution in [-0.2, 0) is 19.2 Å². The summed E-state index contributed by atoms with van der Waals surface area (Å²) in [5, 5.41) is 19.3. The second-order valence-electron chi connectivity index (χ2n) is 6.87. The molecule has 0 unspecified atom stereocenters. The Morgan fingerprint density at radius 3 is 2.86 bits per heavy atom. The van der Waals surface area contributed by atoms with Crippen LogP contribution in [0.3, 0.4) is 0 Å². The number of β-lactam (4-membered cyclic amide) rings is 1. The van der Waals surface area contributed by atoms with Crippen molar-refractivity contribution in [3.63, 3.8) is 0 Å². The van der Waals surface area contributed by atoms with Crippen molar-refractivity contribution in [2.75, 3.05) is 24.3 Å². The molecule has 2 aliphatic heterocycles. The topological polar surface area (TPSA) is 180 Å². The van der Waals surface area contributed by atoms with E-state index in [2.05, 4.69) is 19.9 Å². The summed E-state index contributed by atoms with van der Waals surface area (Å²) in [6.45, 7) is 0. The Balaban J connectivity index is 0.00000342. The van der Waals surface area contributed by atoms with Crippen LogP contribution in [0.2, 0.25) is 0 Å². The predicted octanol–water partition coefficient (Wildman–Crippen LogP) is -3.77. The summed E-state index contributed by atoms with van der Waals surface area (Å²) in [4.78, 5) is 59.3. The number of hydrogen-bond donors (Lipinski definition) is 2. The van der Waals surface area contributed by atoms with Crippen LogP contribution in [0, 0.1) is 0 Å². The molecular formula is C19H16N5NaO7S3. The first-order valence-electron chi connectivity index (χ1n) is 9.53. The van der Waals surface area contributed by atoms with E-state index in [1.807, 2.05) is 0 Å². The number of carboxylic acids is 1. The molecule has 1 fully saturated rings. The average molecular weight is 546 g/mol. The summed E-state index contributed by atoms with van der Waals surface area (Å²) >= 11 is 3.65. The zero-order valence-electron chi connectivity index (χ0n) is 18.4. The number of nitrogen functional groups attached to an aromatic ring is 1. The van der Waals surface area contributed by atoms with Gasteiger partial charge in [0, 0.05) is 27.8 Å². The molecule has 0 aliphatic carbocycles. The monoisotopic (exact) mass is 545 g/mol. The maximum Gasteiger partial charge on any atom is 1.00 e. The van der Waals surface area contributed by atoms with E-state index < -0.39 is 34.8 Å². The minimum Gasteiger partial charge on any atom is -0.543 e. The number of anilines is 1. The van der Waals surface area contributed by atoms with Gasteiger partial charge in [-0.2, -0.15) is 0 Å². The van der Waals surface area contributed by atoms with Crippen LogP contribution in [0.15, 0.2) is 54.3 Å². The van der Waals surface area contributed by atoms with Gasteiger partial charge in [-0.3, -0.25) is 14.5 Å². The number of nitrogens with zero attached hydrogens (tertiary/aromatic N) is 3. The van der Waals surface area contributed by atoms with Crippen LogP contribution >= 0.6 is 34.9 Å². The first-order chi connectivity index (χ1) is 16.3. The fourth-order valence-electron chi connectivity index (χ4n) is 3.31. The third-order valence-corrected chi connectivity index (χ3v) is 7.87. The number of fused-ring (bicyclic) bond motifs is 1. The number of amides is 2. The summed E-state index contributed by atoms with van der Waals surface area (Å²) in [5.41, 5.74) is 5.35. The molecule has 0 radical (unpaired) electrons. The number of nitrogens with one attached hydrogen (secondary N) is 1. The van der Waals surface area contributed by atoms with Gasteiger partial charge in [-0.05, 0) is 11.6 Å². The molecule has 0 aromatic carbocycles.